The molecule has 13 unspecified atom stereocenters. The zero-order chi connectivity index (χ0) is 116. The van der Waals surface area contributed by atoms with E-state index in [0.717, 1.165) is 83.5 Å². The number of unbranched alkanes of at least 4 members (excludes halogenated alkanes) is 9. The van der Waals surface area contributed by atoms with Crippen LogP contribution in [0.3, 0.4) is 0 Å². The van der Waals surface area contributed by atoms with Crippen molar-refractivity contribution in [1.29, 1.82) is 0 Å². The molecule has 0 saturated heterocycles. The third kappa shape index (κ3) is 122. The van der Waals surface area contributed by atoms with E-state index >= 15 is 0 Å². The van der Waals surface area contributed by atoms with E-state index in [2.05, 4.69) is 49.0 Å². The summed E-state index contributed by atoms with van der Waals surface area (Å²) >= 11 is 0. The summed E-state index contributed by atoms with van der Waals surface area (Å²) in [5, 5.41) is 10.2. The van der Waals surface area contributed by atoms with Crippen LogP contribution in [-0.2, 0) is 117 Å². The molecule has 1 fully saturated rings. The van der Waals surface area contributed by atoms with Crippen molar-refractivity contribution in [2.24, 2.45) is 99.9 Å². The van der Waals surface area contributed by atoms with Crippen molar-refractivity contribution in [2.45, 2.75) is 477 Å². The van der Waals surface area contributed by atoms with Gasteiger partial charge in [-0.15, -0.1) is 0 Å². The van der Waals surface area contributed by atoms with Gasteiger partial charge in [0.15, 0.2) is 0 Å². The van der Waals surface area contributed by atoms with Crippen molar-refractivity contribution in [3.63, 3.8) is 0 Å². The van der Waals surface area contributed by atoms with Gasteiger partial charge in [-0.25, -0.2) is 25.3 Å². The Labute approximate surface area is 960 Å². The standard InChI is InChI=1S/2C13H26O2.C11H20O2.C11H22O2.4C9H19NO4S.4C5H11NO.3Na/c1-5-8-9-12(7-3)10-15-13(14)11(4)6-2;1-4-6-7-8-9-10-11-15-13(14)12(3)5-2;1-3-9(2)11(12)13-10-7-5-4-6-8-10;1-4-6-7-8-9-13-11(12)10(3)5-2;4*1-5-7(2)8(11)10-9(3,4)6-15(12,13)14;4*1-3-4(2)5(6)7;;;/h11-12H,5-10H2,1-4H3;12H,4-11H2,1-3H3;9-10H,3-8H2,1-2H3;10H,4-9H2,1-3H3;4*7H,5-6H2,1-4H3,(H,10,11)(H,12,13,14);4*4H,3H2,1-2H3,(H2,6,7);;;/q;;;;;;;;;;;;3*+1/p-3. The van der Waals surface area contributed by atoms with Crippen molar-refractivity contribution < 1.29 is 217 Å². The van der Waals surface area contributed by atoms with Crippen LogP contribution in [0.15, 0.2) is 0 Å². The number of ether oxygens (including phenoxy) is 4. The first-order chi connectivity index (χ1) is 65.8. The number of carbonyl (C=O) groups is 12. The number of primary amides is 4. The predicted octanol–water partition coefficient (Wildman–Crippen LogP) is 9.11. The monoisotopic (exact) mass is 2220 g/mol. The van der Waals surface area contributed by atoms with E-state index in [-0.39, 0.29) is 237 Å². The summed E-state index contributed by atoms with van der Waals surface area (Å²) in [6, 6.07) is 0. The number of rotatable bonds is 55. The molecular weight excluding hydrogens is 2010 g/mol. The van der Waals surface area contributed by atoms with Gasteiger partial charge < -0.3 is 76.8 Å². The number of hydrogen-bond donors (Lipinski definition) is 9. The fraction of sp³-hybridized carbons (Fsp3) is 0.885. The number of nitrogens with two attached hydrogens (primary N) is 4. The van der Waals surface area contributed by atoms with Gasteiger partial charge in [0.25, 0.3) is 10.1 Å². The van der Waals surface area contributed by atoms with E-state index in [1.165, 1.54) is 131 Å². The molecule has 1 aliphatic rings. The summed E-state index contributed by atoms with van der Waals surface area (Å²) in [7, 11) is -17.0. The Kier molecular flexibility index (Phi) is 118. The van der Waals surface area contributed by atoms with Gasteiger partial charge in [-0.2, -0.15) is 8.42 Å². The molecule has 147 heavy (non-hydrogen) atoms. The Balaban J connectivity index is -0.000000110. The molecule has 0 aromatic carbocycles. The van der Waals surface area contributed by atoms with Crippen LogP contribution in [0, 0.1) is 76.9 Å². The molecule has 0 aromatic heterocycles. The molecule has 0 aromatic rings. The largest absolute Gasteiger partial charge is 1.00 e. The van der Waals surface area contributed by atoms with Crippen molar-refractivity contribution in [1.82, 2.24) is 21.3 Å². The first-order valence-corrected chi connectivity index (χ1v) is 59.1. The molecule has 1 aliphatic carbocycles. The van der Waals surface area contributed by atoms with Crippen LogP contribution < -0.4 is 133 Å². The second-order valence-electron chi connectivity index (χ2n) is 40.6. The summed E-state index contributed by atoms with van der Waals surface area (Å²) < 4.78 is 146. The van der Waals surface area contributed by atoms with Gasteiger partial charge in [0.2, 0.25) is 47.3 Å². The third-order valence-electron chi connectivity index (χ3n) is 23.5. The minimum atomic E-state index is -4.32. The van der Waals surface area contributed by atoms with Gasteiger partial charge in [-0.1, -0.05) is 271 Å². The average molecular weight is 2220 g/mol. The fourth-order valence-electron chi connectivity index (χ4n) is 10.7. The number of hydrogen-bond acceptors (Lipinski definition) is 27. The summed E-state index contributed by atoms with van der Waals surface area (Å²) in [6.45, 7) is 68.0. The molecular formula is C104H211N8Na3O28S4. The summed E-state index contributed by atoms with van der Waals surface area (Å²) in [5.41, 5.74) is 15.6. The smallest absolute Gasteiger partial charge is 0.748 e. The van der Waals surface area contributed by atoms with Crippen molar-refractivity contribution in [2.75, 3.05) is 42.8 Å². The molecule has 43 heteroatoms. The van der Waals surface area contributed by atoms with Crippen LogP contribution in [0.1, 0.15) is 448 Å². The third-order valence-corrected chi connectivity index (χ3v) is 27.8. The zero-order valence-corrected chi connectivity index (χ0v) is 109. The molecule has 0 bridgehead atoms. The zero-order valence-electron chi connectivity index (χ0n) is 99.4. The number of carbonyl (C=O) groups excluding carboxylic acids is 12. The van der Waals surface area contributed by atoms with Crippen molar-refractivity contribution in [3.05, 3.63) is 0 Å². The summed E-state index contributed by atoms with van der Waals surface area (Å²) in [5.74, 6) is -3.85. The first-order valence-electron chi connectivity index (χ1n) is 52.8. The maximum absolute atomic E-state index is 11.5. The maximum Gasteiger partial charge on any atom is 1.00 e. The van der Waals surface area contributed by atoms with E-state index < -0.39 is 85.6 Å². The van der Waals surface area contributed by atoms with Crippen LogP contribution >= 0.6 is 0 Å². The van der Waals surface area contributed by atoms with E-state index in [1.54, 1.807) is 41.5 Å². The first kappa shape index (κ1) is 174. The molecule has 0 aliphatic heterocycles. The molecule has 13 N–H and O–H groups in total. The topological polar surface area (TPSA) is 620 Å². The van der Waals surface area contributed by atoms with Crippen LogP contribution in [0.25, 0.3) is 0 Å². The van der Waals surface area contributed by atoms with E-state index in [9.17, 15) is 105 Å². The molecule has 36 nitrogen and oxygen atoms in total. The van der Waals surface area contributed by atoms with Gasteiger partial charge in [0.05, 0.1) is 102 Å². The Morgan fingerprint density at radius 3 is 0.714 bits per heavy atom. The normalized spacial score (nSPS) is 14.3. The average Bonchev–Trinajstić information content (AvgIpc) is 0.873. The minimum Gasteiger partial charge on any atom is -0.748 e. The predicted molar refractivity (Wildman–Crippen MR) is 576 cm³/mol. The van der Waals surface area contributed by atoms with E-state index in [4.69, 9.17) is 46.4 Å². The molecule has 0 radical (unpaired) electrons. The van der Waals surface area contributed by atoms with Gasteiger partial charge in [0.1, 0.15) is 6.10 Å². The Hall–Kier alpha value is -3.72. The number of esters is 4. The SMILES string of the molecule is CCC(C)C(=O)NC(C)(C)CS(=O)(=O)O.CCC(C)C(=O)NC(C)(C)CS(=O)(=O)[O-].CCC(C)C(=O)NC(C)(C)CS(=O)(=O)[O-].CCC(C)C(=O)NC(C)(C)CS(=O)(=O)[O-].CCC(C)C(=O)OC1CCCCC1.CCC(C)C(N)=O.CCC(C)C(N)=O.CCC(C)C(N)=O.CCC(C)C(N)=O.CCCCC(CC)COC(=O)C(C)CC.CCCCCCCCOC(=O)C(C)CC.CCCCCCOC(=O)C(C)CC.[Na+].[Na+].[Na+]. The Morgan fingerprint density at radius 1 is 0.299 bits per heavy atom. The van der Waals surface area contributed by atoms with Crippen LogP contribution in [0.2, 0.25) is 0 Å². The van der Waals surface area contributed by atoms with Gasteiger partial charge in [-0.3, -0.25) is 62.1 Å². The number of nitrogens with one attached hydrogen (secondary N) is 4. The molecule has 862 valence electrons. The molecule has 1 rings (SSSR count). The van der Waals surface area contributed by atoms with Gasteiger partial charge >= 0.3 is 113 Å². The summed E-state index contributed by atoms with van der Waals surface area (Å²) in [4.78, 5) is 132. The second kappa shape index (κ2) is 100. The van der Waals surface area contributed by atoms with Crippen molar-refractivity contribution in [3.8, 4) is 0 Å². The van der Waals surface area contributed by atoms with Crippen LogP contribution in [0.4, 0.5) is 0 Å². The van der Waals surface area contributed by atoms with Gasteiger partial charge in [-0.05, 0) is 183 Å². The van der Waals surface area contributed by atoms with Crippen LogP contribution in [-0.4, -0.2) is 194 Å². The second-order valence-corrected chi connectivity index (χ2v) is 46.2. The molecule has 0 spiro atoms. The fourth-order valence-corrected chi connectivity index (χ4v) is 14.6. The maximum atomic E-state index is 11.5. The minimum absolute atomic E-state index is 0. The van der Waals surface area contributed by atoms with Gasteiger partial charge in [0, 0.05) is 64.0 Å². The number of amides is 8. The molecule has 0 heterocycles. The Bertz CT molecular complexity index is 3540. The molecule has 8 amide bonds. The van der Waals surface area contributed by atoms with E-state index in [0.29, 0.717) is 51.4 Å². The molecule has 1 saturated carbocycles. The quantitative estimate of drug-likeness (QED) is 0.00900. The summed E-state index contributed by atoms with van der Waals surface area (Å²) in [6.07, 6.45) is 32.4. The van der Waals surface area contributed by atoms with E-state index in [1.807, 2.05) is 138 Å². The molecule has 13 atom stereocenters. The Morgan fingerprint density at radius 2 is 0.510 bits per heavy atom. The van der Waals surface area contributed by atoms with Crippen molar-refractivity contribution >= 4 is 112 Å². The van der Waals surface area contributed by atoms with Crippen LogP contribution in [0.5, 0.6) is 0 Å².